The van der Waals surface area contributed by atoms with Gasteiger partial charge in [0.1, 0.15) is 12.3 Å². The quantitative estimate of drug-likeness (QED) is 0.644. The molecule has 8 nitrogen and oxygen atoms in total. The molecule has 2 aliphatic rings. The molecule has 156 valence electrons. The highest BCUT2D eigenvalue weighted by Gasteiger charge is 2.27. The number of ether oxygens (including phenoxy) is 2. The third-order valence-corrected chi connectivity index (χ3v) is 5.98. The Kier molecular flexibility index (Phi) is 5.18. The van der Waals surface area contributed by atoms with Crippen LogP contribution < -0.4 is 4.74 Å². The second kappa shape index (κ2) is 8.12. The standard InChI is InChI=1S/C22H26N6O2/c1-15-3-4-19(11-23-15)28-21(16(2)25-26-28)14-30-22-9-17-5-7-27(12-18(17)10-24-22)20-6-8-29-13-20/h3-4,9-11,20H,5-8,12-14H2,1-2H3. The van der Waals surface area contributed by atoms with Crippen LogP contribution in [0.15, 0.2) is 30.6 Å². The lowest BCUT2D eigenvalue weighted by Gasteiger charge is -2.32. The molecule has 0 amide bonds. The molecule has 1 atom stereocenters. The Hall–Kier alpha value is -2.84. The number of hydrogen-bond donors (Lipinski definition) is 0. The Bertz CT molecular complexity index is 1030. The Morgan fingerprint density at radius 3 is 2.90 bits per heavy atom. The van der Waals surface area contributed by atoms with E-state index in [9.17, 15) is 0 Å². The molecule has 0 aromatic carbocycles. The van der Waals surface area contributed by atoms with Crippen molar-refractivity contribution in [3.63, 3.8) is 0 Å². The summed E-state index contributed by atoms with van der Waals surface area (Å²) in [5, 5.41) is 8.47. The normalized spacial score (nSPS) is 19.1. The molecule has 1 fully saturated rings. The highest BCUT2D eigenvalue weighted by atomic mass is 16.5. The molecule has 1 unspecified atom stereocenters. The van der Waals surface area contributed by atoms with Crippen molar-refractivity contribution < 1.29 is 9.47 Å². The molecule has 0 bridgehead atoms. The van der Waals surface area contributed by atoms with Gasteiger partial charge in [0.15, 0.2) is 0 Å². The first-order valence-corrected chi connectivity index (χ1v) is 10.4. The minimum absolute atomic E-state index is 0.351. The maximum absolute atomic E-state index is 6.04. The van der Waals surface area contributed by atoms with Crippen molar-refractivity contribution in [2.24, 2.45) is 0 Å². The van der Waals surface area contributed by atoms with E-state index < -0.39 is 0 Å². The van der Waals surface area contributed by atoms with Gasteiger partial charge >= 0.3 is 0 Å². The lowest BCUT2D eigenvalue weighted by molar-refractivity contribution is 0.134. The van der Waals surface area contributed by atoms with Gasteiger partial charge < -0.3 is 9.47 Å². The summed E-state index contributed by atoms with van der Waals surface area (Å²) in [7, 11) is 0. The third kappa shape index (κ3) is 3.80. The van der Waals surface area contributed by atoms with Crippen LogP contribution in [0, 0.1) is 13.8 Å². The van der Waals surface area contributed by atoms with Gasteiger partial charge in [-0.1, -0.05) is 5.21 Å². The summed E-state index contributed by atoms with van der Waals surface area (Å²) in [6.45, 7) is 7.97. The van der Waals surface area contributed by atoms with Crippen molar-refractivity contribution in [3.8, 4) is 11.6 Å². The highest BCUT2D eigenvalue weighted by Crippen LogP contribution is 2.26. The molecule has 0 aliphatic carbocycles. The predicted octanol–water partition coefficient (Wildman–Crippen LogP) is 2.40. The van der Waals surface area contributed by atoms with E-state index in [0.717, 1.165) is 61.9 Å². The average molecular weight is 406 g/mol. The average Bonchev–Trinajstić information content (AvgIpc) is 3.43. The van der Waals surface area contributed by atoms with Crippen LogP contribution in [0.3, 0.4) is 0 Å². The van der Waals surface area contributed by atoms with Crippen molar-refractivity contribution >= 4 is 0 Å². The van der Waals surface area contributed by atoms with Gasteiger partial charge in [-0.3, -0.25) is 9.88 Å². The third-order valence-electron chi connectivity index (χ3n) is 5.98. The van der Waals surface area contributed by atoms with E-state index in [1.807, 2.05) is 32.2 Å². The molecular formula is C22H26N6O2. The van der Waals surface area contributed by atoms with E-state index in [0.29, 0.717) is 18.5 Å². The smallest absolute Gasteiger partial charge is 0.213 e. The Morgan fingerprint density at radius 2 is 2.10 bits per heavy atom. The lowest BCUT2D eigenvalue weighted by atomic mass is 10.0. The van der Waals surface area contributed by atoms with Crippen LogP contribution in [-0.4, -0.2) is 55.7 Å². The number of rotatable bonds is 5. The first kappa shape index (κ1) is 19.1. The first-order valence-electron chi connectivity index (χ1n) is 10.4. The molecule has 2 aliphatic heterocycles. The van der Waals surface area contributed by atoms with Gasteiger partial charge in [0.05, 0.1) is 24.2 Å². The molecule has 0 radical (unpaired) electrons. The van der Waals surface area contributed by atoms with Crippen molar-refractivity contribution in [2.75, 3.05) is 19.8 Å². The number of pyridine rings is 2. The number of fused-ring (bicyclic) bond motifs is 1. The van der Waals surface area contributed by atoms with Crippen LogP contribution >= 0.6 is 0 Å². The summed E-state index contributed by atoms with van der Waals surface area (Å²) in [4.78, 5) is 11.4. The molecule has 30 heavy (non-hydrogen) atoms. The molecule has 0 N–H and O–H groups in total. The van der Waals surface area contributed by atoms with Crippen LogP contribution in [0.25, 0.3) is 5.69 Å². The van der Waals surface area contributed by atoms with Gasteiger partial charge in [0.2, 0.25) is 5.88 Å². The zero-order chi connectivity index (χ0) is 20.5. The van der Waals surface area contributed by atoms with Gasteiger partial charge in [0, 0.05) is 43.7 Å². The molecule has 0 spiro atoms. The predicted molar refractivity (Wildman–Crippen MR) is 111 cm³/mol. The Labute approximate surface area is 175 Å². The summed E-state index contributed by atoms with van der Waals surface area (Å²) in [5.74, 6) is 0.639. The topological polar surface area (TPSA) is 78.2 Å². The lowest BCUT2D eigenvalue weighted by Crippen LogP contribution is -2.39. The van der Waals surface area contributed by atoms with Crippen molar-refractivity contribution in [1.29, 1.82) is 0 Å². The van der Waals surface area contributed by atoms with E-state index in [-0.39, 0.29) is 0 Å². The fraction of sp³-hybridized carbons (Fsp3) is 0.455. The summed E-state index contributed by atoms with van der Waals surface area (Å²) in [6.07, 6.45) is 5.89. The maximum atomic E-state index is 6.04. The molecule has 5 heterocycles. The fourth-order valence-corrected chi connectivity index (χ4v) is 4.12. The largest absolute Gasteiger partial charge is 0.471 e. The Balaban J connectivity index is 1.29. The van der Waals surface area contributed by atoms with Gasteiger partial charge in [-0.15, -0.1) is 5.10 Å². The van der Waals surface area contributed by atoms with Crippen LogP contribution in [0.1, 0.15) is 34.6 Å². The molecule has 0 saturated carbocycles. The van der Waals surface area contributed by atoms with Crippen molar-refractivity contribution in [3.05, 3.63) is 58.8 Å². The van der Waals surface area contributed by atoms with Gasteiger partial charge in [-0.05, 0) is 49.9 Å². The molecule has 1 saturated heterocycles. The molecule has 8 heteroatoms. The monoisotopic (exact) mass is 406 g/mol. The second-order valence-electron chi connectivity index (χ2n) is 8.01. The highest BCUT2D eigenvalue weighted by molar-refractivity contribution is 5.33. The molecule has 3 aromatic rings. The van der Waals surface area contributed by atoms with Gasteiger partial charge in [0.25, 0.3) is 0 Å². The maximum Gasteiger partial charge on any atom is 0.213 e. The minimum Gasteiger partial charge on any atom is -0.471 e. The minimum atomic E-state index is 0.351. The van der Waals surface area contributed by atoms with Crippen molar-refractivity contribution in [2.45, 2.75) is 45.9 Å². The van der Waals surface area contributed by atoms with E-state index in [2.05, 4.69) is 31.2 Å². The van der Waals surface area contributed by atoms with Gasteiger partial charge in [-0.2, -0.15) is 0 Å². The van der Waals surface area contributed by atoms with E-state index >= 15 is 0 Å². The zero-order valence-corrected chi connectivity index (χ0v) is 17.4. The van der Waals surface area contributed by atoms with E-state index in [1.54, 1.807) is 10.9 Å². The van der Waals surface area contributed by atoms with Crippen LogP contribution in [-0.2, 0) is 24.3 Å². The second-order valence-corrected chi connectivity index (χ2v) is 8.01. The number of nitrogens with zero attached hydrogens (tertiary/aromatic N) is 6. The zero-order valence-electron chi connectivity index (χ0n) is 17.4. The number of aromatic nitrogens is 5. The number of aryl methyl sites for hydroxylation is 2. The van der Waals surface area contributed by atoms with Gasteiger partial charge in [-0.25, -0.2) is 9.67 Å². The fourth-order valence-electron chi connectivity index (χ4n) is 4.12. The summed E-state index contributed by atoms with van der Waals surface area (Å²) in [6, 6.07) is 6.57. The van der Waals surface area contributed by atoms with E-state index in [4.69, 9.17) is 9.47 Å². The molecule has 3 aromatic heterocycles. The SMILES string of the molecule is Cc1ccc(-n2nnc(C)c2COc2cc3c(cn2)CN(C2CCOC2)CC3)cn1. The summed E-state index contributed by atoms with van der Waals surface area (Å²) in [5.41, 5.74) is 6.17. The van der Waals surface area contributed by atoms with Crippen molar-refractivity contribution in [1.82, 2.24) is 29.9 Å². The molecular weight excluding hydrogens is 380 g/mol. The van der Waals surface area contributed by atoms with E-state index in [1.165, 1.54) is 11.1 Å². The first-order chi connectivity index (χ1) is 14.7. The molecule has 5 rings (SSSR count). The Morgan fingerprint density at radius 1 is 1.17 bits per heavy atom. The van der Waals surface area contributed by atoms with Crippen LogP contribution in [0.5, 0.6) is 5.88 Å². The van der Waals surface area contributed by atoms with Crippen LogP contribution in [0.4, 0.5) is 0 Å². The van der Waals surface area contributed by atoms with Crippen LogP contribution in [0.2, 0.25) is 0 Å². The summed E-state index contributed by atoms with van der Waals surface area (Å²) >= 11 is 0. The summed E-state index contributed by atoms with van der Waals surface area (Å²) < 4.78 is 13.4. The number of hydrogen-bond acceptors (Lipinski definition) is 7.